The molecule has 0 aromatic rings. The summed E-state index contributed by atoms with van der Waals surface area (Å²) in [4.78, 5) is 0. The average Bonchev–Trinajstić information content (AvgIpc) is 2.01. The van der Waals surface area contributed by atoms with Crippen molar-refractivity contribution in [1.29, 1.82) is 0 Å². The van der Waals surface area contributed by atoms with Crippen molar-refractivity contribution in [1.82, 2.24) is 0 Å². The second kappa shape index (κ2) is 1.75. The molecule has 0 aromatic carbocycles. The summed E-state index contributed by atoms with van der Waals surface area (Å²) in [6.07, 6.45) is 9.06. The molecule has 0 fully saturated rings. The first-order valence-corrected chi connectivity index (χ1v) is 13.2. The van der Waals surface area contributed by atoms with Crippen LogP contribution < -0.4 is 0 Å². The summed E-state index contributed by atoms with van der Waals surface area (Å²) < 4.78 is 0.731. The van der Waals surface area contributed by atoms with Crippen molar-refractivity contribution in [2.75, 3.05) is 0 Å². The molecule has 0 heterocycles. The molecule has 0 saturated carbocycles. The van der Waals surface area contributed by atoms with Gasteiger partial charge in [0.2, 0.25) is 0 Å². The molecule has 64 valence electrons. The second-order valence-corrected chi connectivity index (χ2v) is 28.9. The van der Waals surface area contributed by atoms with Crippen LogP contribution in [0.5, 0.6) is 0 Å². The molecule has 1 heteroatoms. The van der Waals surface area contributed by atoms with E-state index in [1.54, 1.807) is 0 Å². The molecular weight excluding hydrogens is 168 g/mol. The van der Waals surface area contributed by atoms with E-state index < -0.39 is 14.0 Å². The minimum atomic E-state index is -2.58. The van der Waals surface area contributed by atoms with Crippen LogP contribution in [-0.2, 0) is 14.0 Å². The van der Waals surface area contributed by atoms with Gasteiger partial charge in [0, 0.05) is 0 Å². The van der Waals surface area contributed by atoms with Gasteiger partial charge in [0.1, 0.15) is 0 Å². The van der Waals surface area contributed by atoms with Crippen LogP contribution in [0.1, 0.15) is 0 Å². The molecule has 0 amide bonds. The van der Waals surface area contributed by atoms with E-state index in [4.69, 9.17) is 0 Å². The van der Waals surface area contributed by atoms with Crippen molar-refractivity contribution in [2.24, 2.45) is 0 Å². The standard InChI is InChI=1S/C5H5.5CH3.Ti/c1-2-4-5-3-1;;;;;;/h1-5H;5*1H3;. The molecule has 0 atom stereocenters. The summed E-state index contributed by atoms with van der Waals surface area (Å²) in [5, 5.41) is 12.5. The molecule has 0 aromatic heterocycles. The molecule has 0 aliphatic heterocycles. The van der Waals surface area contributed by atoms with E-state index in [1.807, 2.05) is 0 Å². The van der Waals surface area contributed by atoms with Crippen molar-refractivity contribution >= 4 is 0 Å². The average molecular weight is 188 g/mol. The first-order chi connectivity index (χ1) is 4.59. The van der Waals surface area contributed by atoms with Crippen molar-refractivity contribution in [3.63, 3.8) is 0 Å². The predicted octanol–water partition coefficient (Wildman–Crippen LogP) is 4.37. The summed E-state index contributed by atoms with van der Waals surface area (Å²) in [6.45, 7) is 0. The van der Waals surface area contributed by atoms with Crippen LogP contribution in [0.4, 0.5) is 0 Å². The minimum absolute atomic E-state index is 0.731. The Kier molecular flexibility index (Phi) is 1.48. The zero-order chi connectivity index (χ0) is 8.81. The fraction of sp³-hybridized carbons (Fsp3) is 0.600. The summed E-state index contributed by atoms with van der Waals surface area (Å²) >= 11 is -2.58. The van der Waals surface area contributed by atoms with Gasteiger partial charge in [0.25, 0.3) is 0 Å². The number of hydrogen-bond donors (Lipinski definition) is 0. The van der Waals surface area contributed by atoms with Gasteiger partial charge in [0.05, 0.1) is 0 Å². The SMILES string of the molecule is [CH3][Ti]([CH3])([CH3])([CH3])([CH3])[CH]1C=CC=C1. The Labute approximate surface area is 68.8 Å². The molecule has 0 spiro atoms. The molecule has 0 radical (unpaired) electrons. The number of hydrogen-bond acceptors (Lipinski definition) is 0. The third kappa shape index (κ3) is 2.32. The molecule has 1 aliphatic rings. The topological polar surface area (TPSA) is 0 Å². The van der Waals surface area contributed by atoms with Crippen LogP contribution in [0, 0.1) is 0 Å². The number of allylic oxidation sites excluding steroid dienone is 4. The van der Waals surface area contributed by atoms with Crippen LogP contribution in [0.2, 0.25) is 30.4 Å². The third-order valence-electron chi connectivity index (χ3n) is 2.41. The fourth-order valence-corrected chi connectivity index (χ4v) is 4.75. The van der Waals surface area contributed by atoms with E-state index in [1.165, 1.54) is 0 Å². The van der Waals surface area contributed by atoms with Crippen LogP contribution in [0.25, 0.3) is 0 Å². The Morgan fingerprint density at radius 3 is 1.36 bits per heavy atom. The third-order valence-corrected chi connectivity index (χ3v) is 8.22. The van der Waals surface area contributed by atoms with Crippen LogP contribution in [0.3, 0.4) is 0 Å². The van der Waals surface area contributed by atoms with Crippen molar-refractivity contribution in [3.05, 3.63) is 24.3 Å². The Hall–Kier alpha value is 0.194. The van der Waals surface area contributed by atoms with Crippen molar-refractivity contribution in [3.8, 4) is 0 Å². The summed E-state index contributed by atoms with van der Waals surface area (Å²) in [5.74, 6) is 0. The molecule has 0 bridgehead atoms. The van der Waals surface area contributed by atoms with E-state index in [9.17, 15) is 0 Å². The molecular formula is C10H20Ti. The summed E-state index contributed by atoms with van der Waals surface area (Å²) in [7, 11) is 0. The van der Waals surface area contributed by atoms with E-state index in [0.717, 1.165) is 4.22 Å². The van der Waals surface area contributed by atoms with Crippen molar-refractivity contribution in [2.45, 2.75) is 30.4 Å². The Balaban J connectivity index is 3.09. The van der Waals surface area contributed by atoms with Gasteiger partial charge in [-0.15, -0.1) is 0 Å². The summed E-state index contributed by atoms with van der Waals surface area (Å²) in [6, 6.07) is 0. The van der Waals surface area contributed by atoms with E-state index >= 15 is 0 Å². The zero-order valence-corrected chi connectivity index (χ0v) is 9.95. The first-order valence-electron chi connectivity index (χ1n) is 4.46. The van der Waals surface area contributed by atoms with Gasteiger partial charge >= 0.3 is 68.7 Å². The van der Waals surface area contributed by atoms with Crippen LogP contribution in [0.15, 0.2) is 24.3 Å². The molecule has 1 rings (SSSR count). The Morgan fingerprint density at radius 1 is 0.818 bits per heavy atom. The normalized spacial score (nSPS) is 25.2. The molecule has 0 unspecified atom stereocenters. The van der Waals surface area contributed by atoms with Crippen LogP contribution >= 0.6 is 0 Å². The Morgan fingerprint density at radius 2 is 1.18 bits per heavy atom. The maximum absolute atomic E-state index is 2.58. The van der Waals surface area contributed by atoms with E-state index in [0.29, 0.717) is 0 Å². The Bertz CT molecular complexity index is 209. The maximum atomic E-state index is 2.49. The monoisotopic (exact) mass is 188 g/mol. The zero-order valence-electron chi connectivity index (χ0n) is 8.39. The van der Waals surface area contributed by atoms with Crippen LogP contribution in [-0.4, -0.2) is 0 Å². The second-order valence-electron chi connectivity index (χ2n) is 7.74. The van der Waals surface area contributed by atoms with Gasteiger partial charge in [-0.1, -0.05) is 0 Å². The molecule has 0 nitrogen and oxygen atoms in total. The molecule has 0 N–H and O–H groups in total. The summed E-state index contributed by atoms with van der Waals surface area (Å²) in [5.41, 5.74) is 0. The van der Waals surface area contributed by atoms with Gasteiger partial charge < -0.3 is 0 Å². The van der Waals surface area contributed by atoms with E-state index in [-0.39, 0.29) is 0 Å². The van der Waals surface area contributed by atoms with Gasteiger partial charge in [-0.25, -0.2) is 0 Å². The fourth-order valence-electron chi connectivity index (χ4n) is 1.39. The first kappa shape index (κ1) is 9.28. The number of rotatable bonds is 1. The molecule has 1 aliphatic carbocycles. The van der Waals surface area contributed by atoms with Gasteiger partial charge in [0.15, 0.2) is 0 Å². The van der Waals surface area contributed by atoms with E-state index in [2.05, 4.69) is 50.4 Å². The quantitative estimate of drug-likeness (QED) is 0.536. The molecule has 11 heavy (non-hydrogen) atoms. The van der Waals surface area contributed by atoms with Gasteiger partial charge in [-0.05, 0) is 0 Å². The molecule has 0 saturated heterocycles. The van der Waals surface area contributed by atoms with Gasteiger partial charge in [-0.2, -0.15) is 0 Å². The van der Waals surface area contributed by atoms with Crippen molar-refractivity contribution < 1.29 is 14.0 Å². The van der Waals surface area contributed by atoms with Gasteiger partial charge in [-0.3, -0.25) is 0 Å². The predicted molar refractivity (Wildman–Crippen MR) is 51.4 cm³/mol.